The van der Waals surface area contributed by atoms with Crippen molar-refractivity contribution in [2.75, 3.05) is 6.54 Å². The smallest absolute Gasteiger partial charge is 0.240 e. The van der Waals surface area contributed by atoms with Crippen molar-refractivity contribution in [1.29, 1.82) is 5.26 Å². The van der Waals surface area contributed by atoms with Crippen LogP contribution in [0.3, 0.4) is 0 Å². The van der Waals surface area contributed by atoms with Crippen LogP contribution in [-0.2, 0) is 4.79 Å². The predicted molar refractivity (Wildman–Crippen MR) is 39.4 cm³/mol. The summed E-state index contributed by atoms with van der Waals surface area (Å²) in [5.41, 5.74) is 5.00. The zero-order valence-electron chi connectivity index (χ0n) is 6.26. The molecule has 1 fully saturated rings. The largest absolute Gasteiger partial charge is 0.341 e. The molecule has 0 radical (unpaired) electrons. The average Bonchev–Trinajstić information content (AvgIpc) is 1.95. The molecule has 1 saturated carbocycles. The van der Waals surface area contributed by atoms with Crippen LogP contribution in [0.25, 0.3) is 0 Å². The molecular weight excluding hydrogens is 142 g/mol. The lowest BCUT2D eigenvalue weighted by atomic mass is 9.77. The molecule has 1 aliphatic rings. The summed E-state index contributed by atoms with van der Waals surface area (Å²) in [5, 5.41) is 10.6. The Kier molecular flexibility index (Phi) is 2.11. The second-order valence-electron chi connectivity index (χ2n) is 2.85. The van der Waals surface area contributed by atoms with Crippen molar-refractivity contribution in [1.82, 2.24) is 5.32 Å². The van der Waals surface area contributed by atoms with Gasteiger partial charge in [0.1, 0.15) is 6.54 Å². The second-order valence-corrected chi connectivity index (χ2v) is 2.85. The lowest BCUT2D eigenvalue weighted by molar-refractivity contribution is -0.128. The van der Waals surface area contributed by atoms with Crippen LogP contribution in [0.5, 0.6) is 0 Å². The van der Waals surface area contributed by atoms with Crippen LogP contribution in [-0.4, -0.2) is 18.0 Å². The summed E-state index contributed by atoms with van der Waals surface area (Å²) in [5.74, 6) is -0.190. The number of rotatable bonds is 2. The molecule has 0 saturated heterocycles. The van der Waals surface area contributed by atoms with Gasteiger partial charge in [-0.1, -0.05) is 0 Å². The summed E-state index contributed by atoms with van der Waals surface area (Å²) >= 11 is 0. The van der Waals surface area contributed by atoms with Gasteiger partial charge in [0.2, 0.25) is 5.91 Å². The van der Waals surface area contributed by atoms with E-state index in [-0.39, 0.29) is 12.5 Å². The van der Waals surface area contributed by atoms with Gasteiger partial charge in [-0.15, -0.1) is 0 Å². The zero-order chi connectivity index (χ0) is 8.32. The molecule has 0 atom stereocenters. The highest BCUT2D eigenvalue weighted by Crippen LogP contribution is 2.28. The number of nitrogens with one attached hydrogen (secondary N) is 1. The molecule has 0 aromatic rings. The Balaban J connectivity index is 2.36. The maximum Gasteiger partial charge on any atom is 0.240 e. The Hall–Kier alpha value is -1.08. The summed E-state index contributed by atoms with van der Waals surface area (Å²) in [6.45, 7) is 0.0534. The normalized spacial score (nSPS) is 19.6. The molecule has 0 aliphatic heterocycles. The first kappa shape index (κ1) is 8.02. The van der Waals surface area contributed by atoms with Crippen LogP contribution in [0.2, 0.25) is 0 Å². The van der Waals surface area contributed by atoms with Gasteiger partial charge in [0.05, 0.1) is 11.6 Å². The van der Waals surface area contributed by atoms with Crippen molar-refractivity contribution in [2.45, 2.75) is 24.8 Å². The highest BCUT2D eigenvalue weighted by atomic mass is 16.2. The fraction of sp³-hybridized carbons (Fsp3) is 0.714. The molecule has 1 aliphatic carbocycles. The molecule has 0 aromatic heterocycles. The van der Waals surface area contributed by atoms with E-state index in [0.717, 1.165) is 19.3 Å². The van der Waals surface area contributed by atoms with E-state index in [1.54, 1.807) is 0 Å². The first-order valence-corrected chi connectivity index (χ1v) is 3.63. The second kappa shape index (κ2) is 2.89. The van der Waals surface area contributed by atoms with Gasteiger partial charge in [0.25, 0.3) is 0 Å². The molecule has 60 valence electrons. The summed E-state index contributed by atoms with van der Waals surface area (Å²) in [4.78, 5) is 11.1. The van der Waals surface area contributed by atoms with E-state index < -0.39 is 5.54 Å². The molecule has 0 unspecified atom stereocenters. The Morgan fingerprint density at radius 2 is 2.36 bits per heavy atom. The number of nitrogens with zero attached hydrogens (tertiary/aromatic N) is 1. The van der Waals surface area contributed by atoms with Crippen molar-refractivity contribution in [3.63, 3.8) is 0 Å². The minimum atomic E-state index is -0.670. The van der Waals surface area contributed by atoms with E-state index >= 15 is 0 Å². The van der Waals surface area contributed by atoms with Crippen LogP contribution in [0.15, 0.2) is 0 Å². The molecule has 3 N–H and O–H groups in total. The number of amides is 1. The number of carbonyl (C=O) groups excluding carboxylic acids is 1. The van der Waals surface area contributed by atoms with E-state index in [0.29, 0.717) is 0 Å². The minimum absolute atomic E-state index is 0.0534. The van der Waals surface area contributed by atoms with E-state index in [4.69, 9.17) is 11.0 Å². The Bertz CT molecular complexity index is 202. The van der Waals surface area contributed by atoms with Crippen molar-refractivity contribution in [3.05, 3.63) is 0 Å². The van der Waals surface area contributed by atoms with Gasteiger partial charge in [0.15, 0.2) is 0 Å². The fourth-order valence-electron chi connectivity index (χ4n) is 1.08. The summed E-state index contributed by atoms with van der Waals surface area (Å²) in [7, 11) is 0. The van der Waals surface area contributed by atoms with Crippen LogP contribution >= 0.6 is 0 Å². The van der Waals surface area contributed by atoms with Gasteiger partial charge in [-0.3, -0.25) is 4.79 Å². The quantitative estimate of drug-likeness (QED) is 0.525. The number of nitrogens with two attached hydrogens (primary N) is 1. The van der Waals surface area contributed by atoms with Gasteiger partial charge < -0.3 is 11.1 Å². The highest BCUT2D eigenvalue weighted by Gasteiger charge is 2.39. The van der Waals surface area contributed by atoms with Crippen LogP contribution < -0.4 is 11.1 Å². The maximum absolute atomic E-state index is 11.1. The Labute approximate surface area is 65.4 Å². The van der Waals surface area contributed by atoms with Crippen LogP contribution in [0.4, 0.5) is 0 Å². The monoisotopic (exact) mass is 153 g/mol. The van der Waals surface area contributed by atoms with Gasteiger partial charge in [0, 0.05) is 0 Å². The predicted octanol–water partition coefficient (Wildman–Crippen LogP) is -0.492. The lowest BCUT2D eigenvalue weighted by Gasteiger charge is -2.35. The number of hydrogen-bond acceptors (Lipinski definition) is 3. The van der Waals surface area contributed by atoms with Crippen molar-refractivity contribution >= 4 is 5.91 Å². The molecular formula is C7H11N3O. The third-order valence-corrected chi connectivity index (χ3v) is 2.03. The molecule has 0 spiro atoms. The van der Waals surface area contributed by atoms with Gasteiger partial charge in [-0.05, 0) is 19.3 Å². The van der Waals surface area contributed by atoms with E-state index in [2.05, 4.69) is 5.32 Å². The standard InChI is InChI=1S/C7H11N3O/c8-4-5-10-6(11)7(9)2-1-3-7/h1-3,5,9H2,(H,10,11). The van der Waals surface area contributed by atoms with Crippen LogP contribution in [0, 0.1) is 11.3 Å². The third kappa shape index (κ3) is 1.49. The zero-order valence-corrected chi connectivity index (χ0v) is 6.26. The number of carbonyl (C=O) groups is 1. The van der Waals surface area contributed by atoms with E-state index in [1.165, 1.54) is 0 Å². The topological polar surface area (TPSA) is 78.9 Å². The van der Waals surface area contributed by atoms with Gasteiger partial charge >= 0.3 is 0 Å². The summed E-state index contributed by atoms with van der Waals surface area (Å²) in [6.07, 6.45) is 2.49. The molecule has 0 heterocycles. The molecule has 4 heteroatoms. The molecule has 1 amide bonds. The summed E-state index contributed by atoms with van der Waals surface area (Å²) in [6, 6.07) is 1.83. The molecule has 0 aromatic carbocycles. The Morgan fingerprint density at radius 1 is 1.73 bits per heavy atom. The van der Waals surface area contributed by atoms with Gasteiger partial charge in [-0.25, -0.2) is 0 Å². The van der Waals surface area contributed by atoms with E-state index in [9.17, 15) is 4.79 Å². The SMILES string of the molecule is N#CCNC(=O)C1(N)CCC1. The molecule has 4 nitrogen and oxygen atoms in total. The maximum atomic E-state index is 11.1. The fourth-order valence-corrected chi connectivity index (χ4v) is 1.08. The molecule has 1 rings (SSSR count). The van der Waals surface area contributed by atoms with Crippen molar-refractivity contribution < 1.29 is 4.79 Å². The van der Waals surface area contributed by atoms with E-state index in [1.807, 2.05) is 6.07 Å². The average molecular weight is 153 g/mol. The van der Waals surface area contributed by atoms with Crippen LogP contribution in [0.1, 0.15) is 19.3 Å². The number of hydrogen-bond donors (Lipinski definition) is 2. The van der Waals surface area contributed by atoms with Crippen molar-refractivity contribution in [2.24, 2.45) is 5.73 Å². The molecule has 11 heavy (non-hydrogen) atoms. The highest BCUT2D eigenvalue weighted by molar-refractivity contribution is 5.87. The van der Waals surface area contributed by atoms with Crippen molar-refractivity contribution in [3.8, 4) is 6.07 Å². The van der Waals surface area contributed by atoms with Gasteiger partial charge in [-0.2, -0.15) is 5.26 Å². The minimum Gasteiger partial charge on any atom is -0.341 e. The molecule has 0 bridgehead atoms. The summed E-state index contributed by atoms with van der Waals surface area (Å²) < 4.78 is 0. The first-order valence-electron chi connectivity index (χ1n) is 3.63. The third-order valence-electron chi connectivity index (χ3n) is 2.03. The number of nitriles is 1. The Morgan fingerprint density at radius 3 is 2.73 bits per heavy atom. The lowest BCUT2D eigenvalue weighted by Crippen LogP contribution is -2.58. The first-order chi connectivity index (χ1) is 5.19.